The van der Waals surface area contributed by atoms with E-state index in [9.17, 15) is 9.59 Å². The van der Waals surface area contributed by atoms with Crippen molar-refractivity contribution in [1.29, 1.82) is 0 Å². The van der Waals surface area contributed by atoms with Gasteiger partial charge in [0, 0.05) is 4.47 Å². The van der Waals surface area contributed by atoms with Gasteiger partial charge >= 0.3 is 5.97 Å². The molecule has 1 aromatic heterocycles. The van der Waals surface area contributed by atoms with Crippen LogP contribution in [0, 0.1) is 5.41 Å². The molecule has 100 valence electrons. The Morgan fingerprint density at radius 3 is 2.28 bits per heavy atom. The summed E-state index contributed by atoms with van der Waals surface area (Å²) < 4.78 is 1.58. The molecule has 0 spiro atoms. The summed E-state index contributed by atoms with van der Waals surface area (Å²) in [4.78, 5) is 23.6. The first-order chi connectivity index (χ1) is 8.12. The van der Waals surface area contributed by atoms with Crippen LogP contribution >= 0.6 is 43.2 Å². The molecule has 1 aromatic rings. The van der Waals surface area contributed by atoms with Gasteiger partial charge in [-0.1, -0.05) is 20.8 Å². The number of hydrogen-bond acceptors (Lipinski definition) is 3. The van der Waals surface area contributed by atoms with Crippen molar-refractivity contribution in [3.8, 4) is 0 Å². The van der Waals surface area contributed by atoms with Gasteiger partial charge in [-0.05, 0) is 43.3 Å². The highest BCUT2D eigenvalue weighted by atomic mass is 79.9. The standard InChI is InChI=1S/C11H13Br2NO3S/c1-11(2,3)7(10(16)17)14-9(15)6-4-5(12)8(13)18-6/h4,7H,1-3H3,(H,14,15)(H,16,17)/t7-/m1/s1. The third-order valence-corrected chi connectivity index (χ3v) is 5.51. The van der Waals surface area contributed by atoms with Crippen LogP contribution in [0.2, 0.25) is 0 Å². The van der Waals surface area contributed by atoms with E-state index in [4.69, 9.17) is 5.11 Å². The largest absolute Gasteiger partial charge is 0.480 e. The van der Waals surface area contributed by atoms with Crippen molar-refractivity contribution in [3.05, 3.63) is 19.2 Å². The Balaban J connectivity index is 2.89. The van der Waals surface area contributed by atoms with Gasteiger partial charge in [-0.25, -0.2) is 4.79 Å². The van der Waals surface area contributed by atoms with Crippen molar-refractivity contribution >= 4 is 55.1 Å². The number of carboxylic acid groups (broad SMARTS) is 1. The van der Waals surface area contributed by atoms with Crippen molar-refractivity contribution < 1.29 is 14.7 Å². The summed E-state index contributed by atoms with van der Waals surface area (Å²) in [5.74, 6) is -1.42. The van der Waals surface area contributed by atoms with Gasteiger partial charge < -0.3 is 10.4 Å². The molecule has 18 heavy (non-hydrogen) atoms. The Kier molecular flexibility index (Phi) is 4.97. The van der Waals surface area contributed by atoms with Crippen LogP contribution in [-0.2, 0) is 4.79 Å². The maximum atomic E-state index is 12.0. The molecule has 1 atom stereocenters. The summed E-state index contributed by atoms with van der Waals surface area (Å²) in [6.45, 7) is 5.31. The molecule has 0 fully saturated rings. The molecule has 7 heteroatoms. The lowest BCUT2D eigenvalue weighted by Crippen LogP contribution is -2.48. The molecule has 4 nitrogen and oxygen atoms in total. The van der Waals surface area contributed by atoms with E-state index in [-0.39, 0.29) is 5.91 Å². The lowest BCUT2D eigenvalue weighted by molar-refractivity contribution is -0.142. The van der Waals surface area contributed by atoms with Crippen LogP contribution in [0.15, 0.2) is 14.3 Å². The molecule has 0 aliphatic rings. The second-order valence-electron chi connectivity index (χ2n) is 4.84. The first kappa shape index (κ1) is 15.7. The Bertz CT molecular complexity index is 460. The van der Waals surface area contributed by atoms with E-state index in [1.54, 1.807) is 26.8 Å². The fraction of sp³-hybridized carbons (Fsp3) is 0.455. The molecule has 2 N–H and O–H groups in total. The monoisotopic (exact) mass is 397 g/mol. The number of nitrogens with one attached hydrogen (secondary N) is 1. The maximum absolute atomic E-state index is 12.0. The zero-order valence-corrected chi connectivity index (χ0v) is 14.1. The zero-order chi connectivity index (χ0) is 14.1. The van der Waals surface area contributed by atoms with E-state index in [0.717, 1.165) is 8.26 Å². The molecular formula is C11H13Br2NO3S. The van der Waals surface area contributed by atoms with Gasteiger partial charge in [-0.2, -0.15) is 0 Å². The van der Waals surface area contributed by atoms with Gasteiger partial charge in [0.1, 0.15) is 6.04 Å². The van der Waals surface area contributed by atoms with E-state index in [1.807, 2.05) is 0 Å². The van der Waals surface area contributed by atoms with E-state index in [2.05, 4.69) is 37.2 Å². The van der Waals surface area contributed by atoms with Crippen molar-refractivity contribution in [1.82, 2.24) is 5.32 Å². The van der Waals surface area contributed by atoms with E-state index >= 15 is 0 Å². The molecule has 0 bridgehead atoms. The lowest BCUT2D eigenvalue weighted by atomic mass is 9.87. The molecule has 0 aromatic carbocycles. The number of rotatable bonds is 3. The van der Waals surface area contributed by atoms with Gasteiger partial charge in [-0.15, -0.1) is 11.3 Å². The number of carbonyl (C=O) groups excluding carboxylic acids is 1. The molecule has 0 unspecified atom stereocenters. The summed E-state index contributed by atoms with van der Waals surface area (Å²) in [6, 6.07) is 0.732. The maximum Gasteiger partial charge on any atom is 0.326 e. The fourth-order valence-corrected chi connectivity index (χ4v) is 3.25. The van der Waals surface area contributed by atoms with Crippen LogP contribution in [-0.4, -0.2) is 23.0 Å². The van der Waals surface area contributed by atoms with E-state index in [1.165, 1.54) is 11.3 Å². The molecule has 0 saturated carbocycles. The predicted molar refractivity (Wildman–Crippen MR) is 78.1 cm³/mol. The van der Waals surface area contributed by atoms with Crippen LogP contribution in [0.4, 0.5) is 0 Å². The predicted octanol–water partition coefficient (Wildman–Crippen LogP) is 3.50. The SMILES string of the molecule is CC(C)(C)[C@H](NC(=O)c1cc(Br)c(Br)s1)C(=O)O. The number of carboxylic acids is 1. The third kappa shape index (κ3) is 3.80. The highest BCUT2D eigenvalue weighted by Gasteiger charge is 2.33. The minimum Gasteiger partial charge on any atom is -0.480 e. The quantitative estimate of drug-likeness (QED) is 0.818. The average Bonchev–Trinajstić information content (AvgIpc) is 2.53. The Morgan fingerprint density at radius 2 is 1.94 bits per heavy atom. The lowest BCUT2D eigenvalue weighted by Gasteiger charge is -2.27. The first-order valence-corrected chi connectivity index (χ1v) is 7.51. The van der Waals surface area contributed by atoms with Crippen molar-refractivity contribution in [3.63, 3.8) is 0 Å². The van der Waals surface area contributed by atoms with Crippen molar-refractivity contribution in [2.75, 3.05) is 0 Å². The highest BCUT2D eigenvalue weighted by molar-refractivity contribution is 9.13. The number of carbonyl (C=O) groups is 2. The highest BCUT2D eigenvalue weighted by Crippen LogP contribution is 2.32. The second kappa shape index (κ2) is 5.71. The van der Waals surface area contributed by atoms with Gasteiger partial charge in [0.2, 0.25) is 0 Å². The molecule has 0 aliphatic carbocycles. The van der Waals surface area contributed by atoms with Crippen LogP contribution in [0.1, 0.15) is 30.4 Å². The number of thiophene rings is 1. The zero-order valence-electron chi connectivity index (χ0n) is 10.1. The molecular weight excluding hydrogens is 386 g/mol. The topological polar surface area (TPSA) is 66.4 Å². The fourth-order valence-electron chi connectivity index (χ4n) is 1.31. The summed E-state index contributed by atoms with van der Waals surface area (Å²) in [6.07, 6.45) is 0. The number of aliphatic carboxylic acids is 1. The van der Waals surface area contributed by atoms with Crippen LogP contribution in [0.3, 0.4) is 0 Å². The minimum atomic E-state index is -1.04. The van der Waals surface area contributed by atoms with Gasteiger partial charge in [0.25, 0.3) is 5.91 Å². The number of halogens is 2. The minimum absolute atomic E-state index is 0.381. The summed E-state index contributed by atoms with van der Waals surface area (Å²) in [5.41, 5.74) is -0.548. The molecule has 1 heterocycles. The van der Waals surface area contributed by atoms with E-state index in [0.29, 0.717) is 4.88 Å². The number of hydrogen-bond donors (Lipinski definition) is 2. The van der Waals surface area contributed by atoms with Crippen molar-refractivity contribution in [2.24, 2.45) is 5.41 Å². The average molecular weight is 399 g/mol. The Morgan fingerprint density at radius 1 is 1.39 bits per heavy atom. The normalized spacial score (nSPS) is 13.2. The third-order valence-electron chi connectivity index (χ3n) is 2.26. The molecule has 0 radical (unpaired) electrons. The molecule has 1 rings (SSSR count). The van der Waals surface area contributed by atoms with Crippen molar-refractivity contribution in [2.45, 2.75) is 26.8 Å². The molecule has 1 amide bonds. The van der Waals surface area contributed by atoms with Crippen LogP contribution in [0.25, 0.3) is 0 Å². The Labute approximate surface area is 126 Å². The second-order valence-corrected chi connectivity index (χ2v) is 8.07. The van der Waals surface area contributed by atoms with E-state index < -0.39 is 17.4 Å². The summed E-state index contributed by atoms with van der Waals surface area (Å²) >= 11 is 7.83. The number of amides is 1. The summed E-state index contributed by atoms with van der Waals surface area (Å²) in [7, 11) is 0. The summed E-state index contributed by atoms with van der Waals surface area (Å²) in [5, 5.41) is 11.7. The van der Waals surface area contributed by atoms with Gasteiger partial charge in [-0.3, -0.25) is 4.79 Å². The Hall–Kier alpha value is -0.400. The smallest absolute Gasteiger partial charge is 0.326 e. The van der Waals surface area contributed by atoms with Crippen LogP contribution in [0.5, 0.6) is 0 Å². The molecule has 0 saturated heterocycles. The first-order valence-electron chi connectivity index (χ1n) is 5.11. The van der Waals surface area contributed by atoms with Crippen LogP contribution < -0.4 is 5.32 Å². The van der Waals surface area contributed by atoms with Gasteiger partial charge in [0.05, 0.1) is 8.66 Å². The molecule has 0 aliphatic heterocycles. The van der Waals surface area contributed by atoms with Gasteiger partial charge in [0.15, 0.2) is 0 Å².